The lowest BCUT2D eigenvalue weighted by atomic mass is 10.3. The SMILES string of the molecule is NCCN1CCN(c2nc3cc(F)ccc3o2)CC1. The minimum absolute atomic E-state index is 0.292. The third-order valence-corrected chi connectivity index (χ3v) is 3.43. The first-order chi connectivity index (χ1) is 9.26. The molecule has 0 bridgehead atoms. The summed E-state index contributed by atoms with van der Waals surface area (Å²) in [5.74, 6) is -0.292. The molecule has 0 amide bonds. The van der Waals surface area contributed by atoms with Crippen LogP contribution in [-0.2, 0) is 0 Å². The molecular weight excluding hydrogens is 247 g/mol. The molecule has 0 unspecified atom stereocenters. The summed E-state index contributed by atoms with van der Waals surface area (Å²) in [5, 5.41) is 0. The summed E-state index contributed by atoms with van der Waals surface area (Å²) in [6, 6.07) is 4.97. The first-order valence-corrected chi connectivity index (χ1v) is 6.50. The van der Waals surface area contributed by atoms with Gasteiger partial charge in [-0.1, -0.05) is 0 Å². The second kappa shape index (κ2) is 5.14. The average molecular weight is 264 g/mol. The van der Waals surface area contributed by atoms with Gasteiger partial charge in [-0.2, -0.15) is 4.98 Å². The van der Waals surface area contributed by atoms with Gasteiger partial charge in [0.2, 0.25) is 0 Å². The number of hydrogen-bond donors (Lipinski definition) is 1. The van der Waals surface area contributed by atoms with Crippen molar-refractivity contribution in [2.45, 2.75) is 0 Å². The molecule has 0 atom stereocenters. The third kappa shape index (κ3) is 2.54. The lowest BCUT2D eigenvalue weighted by Gasteiger charge is -2.33. The largest absolute Gasteiger partial charge is 0.423 e. The van der Waals surface area contributed by atoms with Gasteiger partial charge < -0.3 is 15.1 Å². The second-order valence-electron chi connectivity index (χ2n) is 4.73. The highest BCUT2D eigenvalue weighted by atomic mass is 19.1. The van der Waals surface area contributed by atoms with Gasteiger partial charge in [0.15, 0.2) is 5.58 Å². The molecule has 1 aromatic carbocycles. The second-order valence-corrected chi connectivity index (χ2v) is 4.73. The van der Waals surface area contributed by atoms with Crippen LogP contribution in [0.2, 0.25) is 0 Å². The average Bonchev–Trinajstić information content (AvgIpc) is 2.83. The minimum Gasteiger partial charge on any atom is -0.423 e. The highest BCUT2D eigenvalue weighted by molar-refractivity contribution is 5.74. The molecule has 102 valence electrons. The Morgan fingerprint density at radius 3 is 2.79 bits per heavy atom. The van der Waals surface area contributed by atoms with Gasteiger partial charge in [0.25, 0.3) is 6.01 Å². The van der Waals surface area contributed by atoms with Crippen LogP contribution in [0.1, 0.15) is 0 Å². The van der Waals surface area contributed by atoms with Crippen LogP contribution in [0.5, 0.6) is 0 Å². The zero-order valence-electron chi connectivity index (χ0n) is 10.7. The number of hydrogen-bond acceptors (Lipinski definition) is 5. The third-order valence-electron chi connectivity index (χ3n) is 3.43. The molecule has 2 heterocycles. The topological polar surface area (TPSA) is 58.5 Å². The maximum absolute atomic E-state index is 13.1. The number of nitrogens with zero attached hydrogens (tertiary/aromatic N) is 3. The van der Waals surface area contributed by atoms with Crippen molar-refractivity contribution in [1.82, 2.24) is 9.88 Å². The zero-order valence-corrected chi connectivity index (χ0v) is 10.7. The van der Waals surface area contributed by atoms with Crippen LogP contribution >= 0.6 is 0 Å². The van der Waals surface area contributed by atoms with E-state index in [0.29, 0.717) is 23.7 Å². The molecule has 2 N–H and O–H groups in total. The summed E-state index contributed by atoms with van der Waals surface area (Å²) in [5.41, 5.74) is 6.74. The predicted molar refractivity (Wildman–Crippen MR) is 71.7 cm³/mol. The summed E-state index contributed by atoms with van der Waals surface area (Å²) >= 11 is 0. The molecule has 0 radical (unpaired) electrons. The molecule has 5 nitrogen and oxygen atoms in total. The molecule has 1 aliphatic rings. The van der Waals surface area contributed by atoms with Crippen LogP contribution in [0.3, 0.4) is 0 Å². The van der Waals surface area contributed by atoms with Crippen molar-refractivity contribution in [2.24, 2.45) is 5.73 Å². The molecule has 2 aromatic rings. The molecule has 1 fully saturated rings. The van der Waals surface area contributed by atoms with Gasteiger partial charge in [-0.3, -0.25) is 4.90 Å². The monoisotopic (exact) mass is 264 g/mol. The van der Waals surface area contributed by atoms with Gasteiger partial charge in [0.1, 0.15) is 11.3 Å². The van der Waals surface area contributed by atoms with Crippen LogP contribution in [-0.4, -0.2) is 49.2 Å². The van der Waals surface area contributed by atoms with E-state index in [-0.39, 0.29) is 5.82 Å². The van der Waals surface area contributed by atoms with Crippen LogP contribution < -0.4 is 10.6 Å². The molecular formula is C13H17FN4O. The standard InChI is InChI=1S/C13H17FN4O/c14-10-1-2-12-11(9-10)16-13(19-12)18-7-5-17(4-3-15)6-8-18/h1-2,9H,3-8,15H2. The van der Waals surface area contributed by atoms with Gasteiger partial charge in [0.05, 0.1) is 0 Å². The molecule has 19 heavy (non-hydrogen) atoms. The number of piperazine rings is 1. The van der Waals surface area contributed by atoms with Gasteiger partial charge in [0, 0.05) is 45.3 Å². The molecule has 0 aliphatic carbocycles. The molecule has 1 aliphatic heterocycles. The Bertz CT molecular complexity index is 563. The summed E-state index contributed by atoms with van der Waals surface area (Å²) in [6.07, 6.45) is 0. The maximum Gasteiger partial charge on any atom is 0.298 e. The van der Waals surface area contributed by atoms with Crippen LogP contribution in [0.15, 0.2) is 22.6 Å². The van der Waals surface area contributed by atoms with E-state index in [0.717, 1.165) is 32.7 Å². The van der Waals surface area contributed by atoms with E-state index in [9.17, 15) is 4.39 Å². The van der Waals surface area contributed by atoms with Crippen molar-refractivity contribution < 1.29 is 8.81 Å². The van der Waals surface area contributed by atoms with E-state index in [2.05, 4.69) is 14.8 Å². The lowest BCUT2D eigenvalue weighted by molar-refractivity contribution is 0.260. The lowest BCUT2D eigenvalue weighted by Crippen LogP contribution is -2.47. The van der Waals surface area contributed by atoms with Crippen molar-refractivity contribution in [1.29, 1.82) is 0 Å². The number of oxazole rings is 1. The summed E-state index contributed by atoms with van der Waals surface area (Å²) < 4.78 is 18.8. The van der Waals surface area contributed by atoms with Crippen molar-refractivity contribution in [3.63, 3.8) is 0 Å². The molecule has 3 rings (SSSR count). The normalized spacial score (nSPS) is 17.3. The zero-order chi connectivity index (χ0) is 13.2. The summed E-state index contributed by atoms with van der Waals surface area (Å²) in [4.78, 5) is 8.75. The van der Waals surface area contributed by atoms with E-state index < -0.39 is 0 Å². The summed E-state index contributed by atoms with van der Waals surface area (Å²) in [6.45, 7) is 5.22. The van der Waals surface area contributed by atoms with Gasteiger partial charge in [-0.15, -0.1) is 0 Å². The van der Waals surface area contributed by atoms with E-state index in [1.54, 1.807) is 6.07 Å². The molecule has 0 saturated carbocycles. The Morgan fingerprint density at radius 1 is 1.26 bits per heavy atom. The predicted octanol–water partition coefficient (Wildman–Crippen LogP) is 1.05. The number of anilines is 1. The van der Waals surface area contributed by atoms with Crippen molar-refractivity contribution in [2.75, 3.05) is 44.2 Å². The Balaban J connectivity index is 1.74. The maximum atomic E-state index is 13.1. The van der Waals surface area contributed by atoms with E-state index in [1.807, 2.05) is 0 Å². The van der Waals surface area contributed by atoms with Crippen LogP contribution in [0, 0.1) is 5.82 Å². The minimum atomic E-state index is -0.292. The van der Waals surface area contributed by atoms with Gasteiger partial charge >= 0.3 is 0 Å². The Labute approximate surface area is 110 Å². The Kier molecular flexibility index (Phi) is 3.35. The quantitative estimate of drug-likeness (QED) is 0.898. The first kappa shape index (κ1) is 12.4. The number of rotatable bonds is 3. The van der Waals surface area contributed by atoms with Crippen molar-refractivity contribution >= 4 is 17.1 Å². The Morgan fingerprint density at radius 2 is 2.05 bits per heavy atom. The Hall–Kier alpha value is -1.66. The fraction of sp³-hybridized carbons (Fsp3) is 0.462. The van der Waals surface area contributed by atoms with Crippen LogP contribution in [0.4, 0.5) is 10.4 Å². The number of nitrogens with two attached hydrogens (primary N) is 1. The van der Waals surface area contributed by atoms with Gasteiger partial charge in [-0.05, 0) is 12.1 Å². The molecule has 6 heteroatoms. The highest BCUT2D eigenvalue weighted by Crippen LogP contribution is 2.23. The van der Waals surface area contributed by atoms with E-state index in [4.69, 9.17) is 10.2 Å². The fourth-order valence-corrected chi connectivity index (χ4v) is 2.37. The van der Waals surface area contributed by atoms with Crippen molar-refractivity contribution in [3.05, 3.63) is 24.0 Å². The number of fused-ring (bicyclic) bond motifs is 1. The number of benzene rings is 1. The fourth-order valence-electron chi connectivity index (χ4n) is 2.37. The smallest absolute Gasteiger partial charge is 0.298 e. The van der Waals surface area contributed by atoms with E-state index >= 15 is 0 Å². The van der Waals surface area contributed by atoms with Crippen molar-refractivity contribution in [3.8, 4) is 0 Å². The molecule has 1 saturated heterocycles. The first-order valence-electron chi connectivity index (χ1n) is 6.50. The number of aromatic nitrogens is 1. The van der Waals surface area contributed by atoms with Gasteiger partial charge in [-0.25, -0.2) is 4.39 Å². The molecule has 1 aromatic heterocycles. The summed E-state index contributed by atoms with van der Waals surface area (Å²) in [7, 11) is 0. The van der Waals surface area contributed by atoms with E-state index in [1.165, 1.54) is 12.1 Å². The highest BCUT2D eigenvalue weighted by Gasteiger charge is 2.20. The number of halogens is 1. The van der Waals surface area contributed by atoms with Crippen LogP contribution in [0.25, 0.3) is 11.1 Å². The molecule has 0 spiro atoms.